The van der Waals surface area contributed by atoms with Gasteiger partial charge in [0, 0.05) is 5.69 Å². The van der Waals surface area contributed by atoms with Gasteiger partial charge in [0.15, 0.2) is 0 Å². The van der Waals surface area contributed by atoms with Gasteiger partial charge in [-0.2, -0.15) is 0 Å². The summed E-state index contributed by atoms with van der Waals surface area (Å²) in [6, 6.07) is 6.01. The maximum atomic E-state index is 5.85. The standard InChI is InChI=1S/C12H11ClN6S/c1-8-4-9(14-6-12-15-5-11(13)20-12)2-3-10(8)19-7-16-17-18-19/h2-5,7,14H,6H2,1H3. The van der Waals surface area contributed by atoms with E-state index < -0.39 is 0 Å². The van der Waals surface area contributed by atoms with Crippen LogP contribution in [0.4, 0.5) is 5.69 Å². The summed E-state index contributed by atoms with van der Waals surface area (Å²) in [6.45, 7) is 2.67. The van der Waals surface area contributed by atoms with Crippen molar-refractivity contribution in [1.82, 2.24) is 25.2 Å². The molecule has 0 radical (unpaired) electrons. The molecule has 0 bridgehead atoms. The van der Waals surface area contributed by atoms with Crippen LogP contribution in [-0.4, -0.2) is 25.2 Å². The molecule has 2 aromatic heterocycles. The van der Waals surface area contributed by atoms with Crippen molar-refractivity contribution >= 4 is 28.6 Å². The summed E-state index contributed by atoms with van der Waals surface area (Å²) in [5.74, 6) is 0. The van der Waals surface area contributed by atoms with Crippen LogP contribution in [0.1, 0.15) is 10.6 Å². The Morgan fingerprint density at radius 3 is 2.95 bits per heavy atom. The Morgan fingerprint density at radius 2 is 2.30 bits per heavy atom. The van der Waals surface area contributed by atoms with Gasteiger partial charge >= 0.3 is 0 Å². The monoisotopic (exact) mass is 306 g/mol. The maximum absolute atomic E-state index is 5.85. The van der Waals surface area contributed by atoms with Gasteiger partial charge in [0.2, 0.25) is 0 Å². The molecule has 1 aromatic carbocycles. The van der Waals surface area contributed by atoms with E-state index in [-0.39, 0.29) is 0 Å². The predicted octanol–water partition coefficient (Wildman–Crippen LogP) is 2.69. The Bertz CT molecular complexity index is 709. The molecule has 0 aliphatic carbocycles. The van der Waals surface area contributed by atoms with Crippen LogP contribution in [0, 0.1) is 6.92 Å². The summed E-state index contributed by atoms with van der Waals surface area (Å²) in [7, 11) is 0. The van der Waals surface area contributed by atoms with Crippen LogP contribution in [0.3, 0.4) is 0 Å². The fourth-order valence-corrected chi connectivity index (χ4v) is 2.74. The number of hydrogen-bond acceptors (Lipinski definition) is 6. The molecule has 20 heavy (non-hydrogen) atoms. The minimum absolute atomic E-state index is 0.654. The molecule has 1 N–H and O–H groups in total. The van der Waals surface area contributed by atoms with Crippen LogP contribution in [0.5, 0.6) is 0 Å². The molecule has 8 heteroatoms. The summed E-state index contributed by atoms with van der Waals surface area (Å²) < 4.78 is 2.34. The highest BCUT2D eigenvalue weighted by molar-refractivity contribution is 7.15. The Balaban J connectivity index is 1.74. The number of nitrogens with zero attached hydrogens (tertiary/aromatic N) is 5. The topological polar surface area (TPSA) is 68.5 Å². The molecular weight excluding hydrogens is 296 g/mol. The molecule has 3 rings (SSSR count). The van der Waals surface area contributed by atoms with E-state index in [0.717, 1.165) is 21.9 Å². The van der Waals surface area contributed by atoms with Crippen LogP contribution >= 0.6 is 22.9 Å². The lowest BCUT2D eigenvalue weighted by Gasteiger charge is -2.09. The number of aryl methyl sites for hydroxylation is 1. The van der Waals surface area contributed by atoms with Gasteiger partial charge in [-0.15, -0.1) is 16.4 Å². The normalized spacial score (nSPS) is 10.7. The lowest BCUT2D eigenvalue weighted by atomic mass is 10.2. The third-order valence-electron chi connectivity index (χ3n) is 2.76. The third-order valence-corrected chi connectivity index (χ3v) is 3.88. The van der Waals surface area contributed by atoms with Crippen LogP contribution < -0.4 is 5.32 Å². The summed E-state index contributed by atoms with van der Waals surface area (Å²) >= 11 is 7.33. The van der Waals surface area contributed by atoms with Crippen LogP contribution in [0.15, 0.2) is 30.7 Å². The van der Waals surface area contributed by atoms with E-state index in [1.807, 2.05) is 25.1 Å². The fourth-order valence-electron chi connectivity index (χ4n) is 1.84. The number of thiazole rings is 1. The Morgan fingerprint density at radius 1 is 1.40 bits per heavy atom. The van der Waals surface area contributed by atoms with Gasteiger partial charge < -0.3 is 5.32 Å². The van der Waals surface area contributed by atoms with Crippen molar-refractivity contribution in [1.29, 1.82) is 0 Å². The lowest BCUT2D eigenvalue weighted by Crippen LogP contribution is -2.02. The van der Waals surface area contributed by atoms with Gasteiger partial charge in [-0.1, -0.05) is 11.6 Å². The highest BCUT2D eigenvalue weighted by Crippen LogP contribution is 2.21. The van der Waals surface area contributed by atoms with Gasteiger partial charge in [0.1, 0.15) is 15.7 Å². The highest BCUT2D eigenvalue weighted by atomic mass is 35.5. The number of nitrogens with one attached hydrogen (secondary N) is 1. The molecule has 0 aliphatic heterocycles. The van der Waals surface area contributed by atoms with Crippen LogP contribution in [-0.2, 0) is 6.54 Å². The van der Waals surface area contributed by atoms with Gasteiger partial charge in [0.25, 0.3) is 0 Å². The number of benzene rings is 1. The van der Waals surface area contributed by atoms with Crippen LogP contribution in [0.2, 0.25) is 4.34 Å². The van der Waals surface area contributed by atoms with E-state index in [4.69, 9.17) is 11.6 Å². The van der Waals surface area contributed by atoms with Gasteiger partial charge in [-0.3, -0.25) is 0 Å². The quantitative estimate of drug-likeness (QED) is 0.802. The van der Waals surface area contributed by atoms with E-state index in [9.17, 15) is 0 Å². The molecule has 0 aliphatic rings. The molecule has 0 unspecified atom stereocenters. The average molecular weight is 307 g/mol. The third kappa shape index (κ3) is 2.78. The van der Waals surface area contributed by atoms with E-state index >= 15 is 0 Å². The smallest absolute Gasteiger partial charge is 0.143 e. The molecule has 0 atom stereocenters. The molecule has 0 saturated carbocycles. The first kappa shape index (κ1) is 13.0. The number of rotatable bonds is 4. The van der Waals surface area contributed by atoms with E-state index in [2.05, 4.69) is 25.8 Å². The molecule has 0 saturated heterocycles. The molecule has 102 valence electrons. The van der Waals surface area contributed by atoms with Crippen molar-refractivity contribution in [3.63, 3.8) is 0 Å². The molecule has 0 amide bonds. The second kappa shape index (κ2) is 5.56. The lowest BCUT2D eigenvalue weighted by molar-refractivity contribution is 0.785. The zero-order valence-corrected chi connectivity index (χ0v) is 12.2. The SMILES string of the molecule is Cc1cc(NCc2ncc(Cl)s2)ccc1-n1cnnn1. The first-order chi connectivity index (χ1) is 9.72. The van der Waals surface area contributed by atoms with Crippen LogP contribution in [0.25, 0.3) is 5.69 Å². The second-order valence-electron chi connectivity index (χ2n) is 4.17. The molecule has 6 nitrogen and oxygen atoms in total. The van der Waals surface area contributed by atoms with Crippen molar-refractivity contribution in [2.75, 3.05) is 5.32 Å². The summed E-state index contributed by atoms with van der Waals surface area (Å²) in [6.07, 6.45) is 3.24. The number of aromatic nitrogens is 5. The summed E-state index contributed by atoms with van der Waals surface area (Å²) in [4.78, 5) is 4.20. The first-order valence-electron chi connectivity index (χ1n) is 5.90. The molecule has 3 aromatic rings. The fraction of sp³-hybridized carbons (Fsp3) is 0.167. The van der Waals surface area contributed by atoms with E-state index in [0.29, 0.717) is 10.9 Å². The minimum atomic E-state index is 0.654. The van der Waals surface area contributed by atoms with Crippen molar-refractivity contribution in [3.05, 3.63) is 45.6 Å². The molecular formula is C12H11ClN6S. The van der Waals surface area contributed by atoms with Crippen molar-refractivity contribution in [2.24, 2.45) is 0 Å². The molecule has 2 heterocycles. The number of halogens is 1. The predicted molar refractivity (Wildman–Crippen MR) is 78.3 cm³/mol. The first-order valence-corrected chi connectivity index (χ1v) is 7.10. The molecule has 0 fully saturated rings. The Hall–Kier alpha value is -1.99. The average Bonchev–Trinajstić information content (AvgIpc) is 3.08. The van der Waals surface area contributed by atoms with Crippen molar-refractivity contribution < 1.29 is 0 Å². The molecule has 0 spiro atoms. The number of hydrogen-bond donors (Lipinski definition) is 1. The van der Waals surface area contributed by atoms with Gasteiger partial charge in [0.05, 0.1) is 18.4 Å². The highest BCUT2D eigenvalue weighted by Gasteiger charge is 2.04. The minimum Gasteiger partial charge on any atom is -0.379 e. The summed E-state index contributed by atoms with van der Waals surface area (Å²) in [5.41, 5.74) is 3.06. The second-order valence-corrected chi connectivity index (χ2v) is 5.91. The van der Waals surface area contributed by atoms with Gasteiger partial charge in [-0.25, -0.2) is 9.67 Å². The Labute approximate surface area is 124 Å². The Kier molecular flexibility index (Phi) is 3.62. The van der Waals surface area contributed by atoms with Crippen molar-refractivity contribution in [2.45, 2.75) is 13.5 Å². The maximum Gasteiger partial charge on any atom is 0.143 e. The summed E-state index contributed by atoms with van der Waals surface area (Å²) in [5, 5.41) is 15.4. The van der Waals surface area contributed by atoms with Gasteiger partial charge in [-0.05, 0) is 41.1 Å². The number of tetrazole rings is 1. The number of anilines is 1. The largest absolute Gasteiger partial charge is 0.379 e. The van der Waals surface area contributed by atoms with Crippen molar-refractivity contribution in [3.8, 4) is 5.69 Å². The van der Waals surface area contributed by atoms with E-state index in [1.54, 1.807) is 17.2 Å². The zero-order chi connectivity index (χ0) is 13.9. The zero-order valence-electron chi connectivity index (χ0n) is 10.6. The van der Waals surface area contributed by atoms with E-state index in [1.165, 1.54) is 11.3 Å².